The largest absolute Gasteiger partial charge is 0.486 e. The number of carbonyl (C=O) groups excluding carboxylic acids is 2. The van der Waals surface area contributed by atoms with Gasteiger partial charge in [-0.2, -0.15) is 8.78 Å². The molecule has 176 valence electrons. The number of benzene rings is 2. The second-order valence-electron chi connectivity index (χ2n) is 7.64. The number of rotatable bonds is 6. The van der Waals surface area contributed by atoms with Gasteiger partial charge >= 0.3 is 6.61 Å². The summed E-state index contributed by atoms with van der Waals surface area (Å²) in [5.74, 6) is 0.104. The van der Waals surface area contributed by atoms with E-state index in [9.17, 15) is 18.4 Å². The molecule has 1 fully saturated rings. The highest BCUT2D eigenvalue weighted by atomic mass is 32.1. The number of nitrogens with zero attached hydrogens (tertiary/aromatic N) is 2. The zero-order chi connectivity index (χ0) is 23.7. The van der Waals surface area contributed by atoms with Crippen LogP contribution in [0.15, 0.2) is 47.8 Å². The molecule has 1 saturated heterocycles. The van der Waals surface area contributed by atoms with Crippen LogP contribution in [0, 0.1) is 5.92 Å². The van der Waals surface area contributed by atoms with Gasteiger partial charge in [0.15, 0.2) is 16.6 Å². The van der Waals surface area contributed by atoms with Crippen LogP contribution in [0.4, 0.5) is 19.6 Å². The van der Waals surface area contributed by atoms with E-state index < -0.39 is 12.5 Å². The molecule has 2 aromatic carbocycles. The van der Waals surface area contributed by atoms with Gasteiger partial charge in [-0.1, -0.05) is 12.1 Å². The summed E-state index contributed by atoms with van der Waals surface area (Å²) in [5.41, 5.74) is 1.43. The van der Waals surface area contributed by atoms with Crippen LogP contribution >= 0.6 is 11.3 Å². The van der Waals surface area contributed by atoms with Crippen LogP contribution in [0.1, 0.15) is 6.42 Å². The molecule has 3 heterocycles. The molecule has 2 amide bonds. The Hall–Kier alpha value is -3.73. The van der Waals surface area contributed by atoms with E-state index >= 15 is 0 Å². The minimum atomic E-state index is -2.96. The summed E-state index contributed by atoms with van der Waals surface area (Å²) in [5, 5.41) is 4.68. The summed E-state index contributed by atoms with van der Waals surface area (Å²) >= 11 is 1.16. The Morgan fingerprint density at radius 2 is 1.97 bits per heavy atom. The highest BCUT2D eigenvalue weighted by Gasteiger charge is 2.36. The van der Waals surface area contributed by atoms with Crippen molar-refractivity contribution in [1.82, 2.24) is 4.98 Å². The number of fused-ring (bicyclic) bond motifs is 1. The molecule has 34 heavy (non-hydrogen) atoms. The zero-order valence-corrected chi connectivity index (χ0v) is 18.5. The number of alkyl halides is 2. The van der Waals surface area contributed by atoms with Gasteiger partial charge in [-0.3, -0.25) is 9.59 Å². The number of aromatic nitrogens is 1. The molecule has 8 nitrogen and oxygen atoms in total. The van der Waals surface area contributed by atoms with Crippen molar-refractivity contribution in [3.8, 4) is 28.5 Å². The SMILES string of the molecule is O=C(Nc1nc(-c2ccccc2OC(F)F)cs1)C1CC(=O)N(c2ccc3c(c2)OCCO3)C1. The molecule has 0 spiro atoms. The lowest BCUT2D eigenvalue weighted by atomic mass is 10.1. The Bertz CT molecular complexity index is 1230. The van der Waals surface area contributed by atoms with Crippen molar-refractivity contribution < 1.29 is 32.6 Å². The molecule has 3 aromatic rings. The maximum atomic E-state index is 12.8. The monoisotopic (exact) mass is 487 g/mol. The number of anilines is 2. The van der Waals surface area contributed by atoms with Crippen LogP contribution in [-0.2, 0) is 9.59 Å². The first kappa shape index (κ1) is 22.1. The highest BCUT2D eigenvalue weighted by Crippen LogP contribution is 2.37. The Morgan fingerprint density at radius 1 is 1.18 bits per heavy atom. The average Bonchev–Trinajstić information content (AvgIpc) is 3.45. The van der Waals surface area contributed by atoms with Gasteiger partial charge in [0.25, 0.3) is 0 Å². The van der Waals surface area contributed by atoms with Crippen LogP contribution in [0.5, 0.6) is 17.2 Å². The summed E-state index contributed by atoms with van der Waals surface area (Å²) < 4.78 is 41.0. The molecule has 2 aliphatic heterocycles. The van der Waals surface area contributed by atoms with Crippen molar-refractivity contribution in [1.29, 1.82) is 0 Å². The molecule has 0 saturated carbocycles. The third-order valence-electron chi connectivity index (χ3n) is 5.45. The van der Waals surface area contributed by atoms with Gasteiger partial charge in [0, 0.05) is 35.7 Å². The molecule has 0 aliphatic carbocycles. The van der Waals surface area contributed by atoms with E-state index in [0.717, 1.165) is 11.3 Å². The molecule has 11 heteroatoms. The second-order valence-corrected chi connectivity index (χ2v) is 8.49. The lowest BCUT2D eigenvalue weighted by Gasteiger charge is -2.22. The predicted octanol–water partition coefficient (Wildman–Crippen LogP) is 4.17. The molecule has 0 radical (unpaired) electrons. The van der Waals surface area contributed by atoms with Gasteiger partial charge in [0.2, 0.25) is 11.8 Å². The summed E-state index contributed by atoms with van der Waals surface area (Å²) in [6.07, 6.45) is 0.0591. The number of hydrogen-bond acceptors (Lipinski definition) is 7. The average molecular weight is 487 g/mol. The van der Waals surface area contributed by atoms with Crippen LogP contribution in [-0.4, -0.2) is 43.2 Å². The van der Waals surface area contributed by atoms with Gasteiger partial charge in [0.05, 0.1) is 11.6 Å². The first-order valence-electron chi connectivity index (χ1n) is 10.5. The minimum Gasteiger partial charge on any atom is -0.486 e. The maximum Gasteiger partial charge on any atom is 0.387 e. The second kappa shape index (κ2) is 9.26. The Balaban J connectivity index is 1.26. The van der Waals surface area contributed by atoms with Crippen molar-refractivity contribution in [2.45, 2.75) is 13.0 Å². The molecule has 2 aliphatic rings. The lowest BCUT2D eigenvalue weighted by molar-refractivity contribution is -0.122. The Kier molecular flexibility index (Phi) is 6.01. The standard InChI is InChI=1S/C23H19F2N3O5S/c24-22(25)33-17-4-2-1-3-15(17)16-12-34-23(26-16)27-21(30)13-9-20(29)28(11-13)14-5-6-18-19(10-14)32-8-7-31-18/h1-6,10,12-13,22H,7-9,11H2,(H,26,27,30). The molecular formula is C23H19F2N3O5S. The minimum absolute atomic E-state index is 0.00265. The molecule has 1 unspecified atom stereocenters. The van der Waals surface area contributed by atoms with Crippen molar-refractivity contribution in [2.24, 2.45) is 5.92 Å². The van der Waals surface area contributed by atoms with Crippen LogP contribution < -0.4 is 24.4 Å². The molecule has 1 aromatic heterocycles. The smallest absolute Gasteiger partial charge is 0.387 e. The van der Waals surface area contributed by atoms with Crippen molar-refractivity contribution in [3.05, 3.63) is 47.8 Å². The number of amides is 2. The van der Waals surface area contributed by atoms with Gasteiger partial charge in [-0.05, 0) is 24.3 Å². The summed E-state index contributed by atoms with van der Waals surface area (Å²) in [4.78, 5) is 31.3. The predicted molar refractivity (Wildman–Crippen MR) is 121 cm³/mol. The molecular weight excluding hydrogens is 468 g/mol. The third kappa shape index (κ3) is 4.51. The number of carbonyl (C=O) groups is 2. The molecule has 1 N–H and O–H groups in total. The maximum absolute atomic E-state index is 12.8. The number of ether oxygens (including phenoxy) is 3. The van der Waals surface area contributed by atoms with E-state index in [-0.39, 0.29) is 30.5 Å². The first-order chi connectivity index (χ1) is 16.5. The number of hydrogen-bond donors (Lipinski definition) is 1. The van der Waals surface area contributed by atoms with Crippen molar-refractivity contribution in [2.75, 3.05) is 30.0 Å². The van der Waals surface area contributed by atoms with E-state index in [1.165, 1.54) is 6.07 Å². The summed E-state index contributed by atoms with van der Waals surface area (Å²) in [6.45, 7) is -1.84. The fourth-order valence-corrected chi connectivity index (χ4v) is 4.59. The van der Waals surface area contributed by atoms with Gasteiger partial charge in [-0.15, -0.1) is 11.3 Å². The van der Waals surface area contributed by atoms with Gasteiger partial charge in [-0.25, -0.2) is 4.98 Å². The van der Waals surface area contributed by atoms with E-state index in [4.69, 9.17) is 9.47 Å². The highest BCUT2D eigenvalue weighted by molar-refractivity contribution is 7.14. The number of nitrogens with one attached hydrogen (secondary N) is 1. The summed E-state index contributed by atoms with van der Waals surface area (Å²) in [7, 11) is 0. The van der Waals surface area contributed by atoms with Crippen molar-refractivity contribution >= 4 is 34.0 Å². The molecule has 0 bridgehead atoms. The van der Waals surface area contributed by atoms with E-state index in [1.54, 1.807) is 46.7 Å². The fourth-order valence-electron chi connectivity index (χ4n) is 3.87. The van der Waals surface area contributed by atoms with E-state index in [0.29, 0.717) is 46.8 Å². The fraction of sp³-hybridized carbons (Fsp3) is 0.261. The van der Waals surface area contributed by atoms with E-state index in [2.05, 4.69) is 15.0 Å². The molecule has 1 atom stereocenters. The van der Waals surface area contributed by atoms with Crippen LogP contribution in [0.2, 0.25) is 0 Å². The lowest BCUT2D eigenvalue weighted by Crippen LogP contribution is -2.28. The quantitative estimate of drug-likeness (QED) is 0.561. The topological polar surface area (TPSA) is 90.0 Å². The van der Waals surface area contributed by atoms with Gasteiger partial charge in [0.1, 0.15) is 19.0 Å². The molecule has 5 rings (SSSR count). The van der Waals surface area contributed by atoms with Crippen LogP contribution in [0.3, 0.4) is 0 Å². The third-order valence-corrected chi connectivity index (χ3v) is 6.20. The summed E-state index contributed by atoms with van der Waals surface area (Å²) in [6, 6.07) is 11.5. The Labute approximate surface area is 197 Å². The van der Waals surface area contributed by atoms with Crippen LogP contribution in [0.25, 0.3) is 11.3 Å². The first-order valence-corrected chi connectivity index (χ1v) is 11.4. The van der Waals surface area contributed by atoms with E-state index in [1.807, 2.05) is 0 Å². The zero-order valence-electron chi connectivity index (χ0n) is 17.7. The number of para-hydroxylation sites is 1. The number of thiazole rings is 1. The normalized spacial score (nSPS) is 17.2. The number of halogens is 2. The van der Waals surface area contributed by atoms with Gasteiger partial charge < -0.3 is 24.4 Å². The Morgan fingerprint density at radius 3 is 2.79 bits per heavy atom. The van der Waals surface area contributed by atoms with Crippen molar-refractivity contribution in [3.63, 3.8) is 0 Å².